The van der Waals surface area contributed by atoms with Crippen molar-refractivity contribution >= 4 is 15.9 Å². The average molecular weight is 274 g/mol. The minimum Gasteiger partial charge on any atom is -0.496 e. The van der Waals surface area contributed by atoms with E-state index >= 15 is 0 Å². The van der Waals surface area contributed by atoms with Gasteiger partial charge in [-0.2, -0.15) is 0 Å². The maximum absolute atomic E-state index is 13.7. The standard InChI is InChI=1S/C11H13BrFNO/c1-15-10-4-7(12)3-9(13)11(10)8-2-6(8)5-14/h3-4,6,8H,2,5,14H2,1H3. The topological polar surface area (TPSA) is 35.2 Å². The van der Waals surface area contributed by atoms with Crippen LogP contribution in [0.2, 0.25) is 0 Å². The number of benzene rings is 1. The van der Waals surface area contributed by atoms with Crippen molar-refractivity contribution in [3.63, 3.8) is 0 Å². The molecule has 1 saturated carbocycles. The first kappa shape index (κ1) is 10.9. The normalized spacial score (nSPS) is 24.0. The Morgan fingerprint density at radius 3 is 2.87 bits per heavy atom. The molecule has 2 rings (SSSR count). The molecule has 0 spiro atoms. The fraction of sp³-hybridized carbons (Fsp3) is 0.455. The number of ether oxygens (including phenoxy) is 1. The van der Waals surface area contributed by atoms with E-state index in [0.717, 1.165) is 6.42 Å². The van der Waals surface area contributed by atoms with Crippen LogP contribution in [0.25, 0.3) is 0 Å². The zero-order valence-electron chi connectivity index (χ0n) is 8.47. The summed E-state index contributed by atoms with van der Waals surface area (Å²) in [6.07, 6.45) is 0.964. The smallest absolute Gasteiger partial charge is 0.131 e. The summed E-state index contributed by atoms with van der Waals surface area (Å²) in [7, 11) is 1.56. The summed E-state index contributed by atoms with van der Waals surface area (Å²) in [5.74, 6) is 1.05. The van der Waals surface area contributed by atoms with Crippen LogP contribution in [-0.2, 0) is 0 Å². The highest BCUT2D eigenvalue weighted by Crippen LogP contribution is 2.51. The third-order valence-corrected chi connectivity index (χ3v) is 3.33. The molecule has 1 aromatic carbocycles. The number of rotatable bonds is 3. The largest absolute Gasteiger partial charge is 0.496 e. The Morgan fingerprint density at radius 2 is 2.33 bits per heavy atom. The molecule has 82 valence electrons. The van der Waals surface area contributed by atoms with Crippen LogP contribution in [0.3, 0.4) is 0 Å². The van der Waals surface area contributed by atoms with Crippen LogP contribution >= 0.6 is 15.9 Å². The van der Waals surface area contributed by atoms with E-state index in [1.807, 2.05) is 0 Å². The highest BCUT2D eigenvalue weighted by Gasteiger charge is 2.40. The van der Waals surface area contributed by atoms with Crippen LogP contribution in [0, 0.1) is 11.7 Å². The second-order valence-corrected chi connectivity index (χ2v) is 4.76. The minimum atomic E-state index is -0.206. The summed E-state index contributed by atoms with van der Waals surface area (Å²) in [4.78, 5) is 0. The molecule has 1 fully saturated rings. The van der Waals surface area contributed by atoms with Gasteiger partial charge in [0.2, 0.25) is 0 Å². The van der Waals surface area contributed by atoms with Crippen molar-refractivity contribution < 1.29 is 9.13 Å². The summed E-state index contributed by atoms with van der Waals surface area (Å²) in [6.45, 7) is 0.614. The van der Waals surface area contributed by atoms with Crippen molar-refractivity contribution in [3.05, 3.63) is 28.0 Å². The van der Waals surface area contributed by atoms with Crippen LogP contribution in [0.4, 0.5) is 4.39 Å². The predicted molar refractivity (Wildman–Crippen MR) is 60.6 cm³/mol. The summed E-state index contributed by atoms with van der Waals surface area (Å²) in [6, 6.07) is 3.27. The van der Waals surface area contributed by atoms with E-state index in [1.54, 1.807) is 13.2 Å². The molecule has 2 atom stereocenters. The van der Waals surface area contributed by atoms with E-state index in [4.69, 9.17) is 10.5 Å². The molecular weight excluding hydrogens is 261 g/mol. The van der Waals surface area contributed by atoms with Crippen molar-refractivity contribution in [2.24, 2.45) is 11.7 Å². The molecule has 2 unspecified atom stereocenters. The van der Waals surface area contributed by atoms with E-state index in [0.29, 0.717) is 28.2 Å². The Balaban J connectivity index is 2.37. The first-order valence-electron chi connectivity index (χ1n) is 4.90. The maximum atomic E-state index is 13.7. The predicted octanol–water partition coefficient (Wildman–Crippen LogP) is 2.66. The van der Waals surface area contributed by atoms with Gasteiger partial charge in [0.15, 0.2) is 0 Å². The average Bonchev–Trinajstić information content (AvgIpc) is 2.95. The molecule has 0 aromatic heterocycles. The second kappa shape index (κ2) is 4.10. The Morgan fingerprint density at radius 1 is 1.60 bits per heavy atom. The highest BCUT2D eigenvalue weighted by molar-refractivity contribution is 9.10. The lowest BCUT2D eigenvalue weighted by molar-refractivity contribution is 0.403. The molecule has 1 aromatic rings. The molecule has 0 saturated heterocycles. The highest BCUT2D eigenvalue weighted by atomic mass is 79.9. The zero-order valence-corrected chi connectivity index (χ0v) is 10.1. The van der Waals surface area contributed by atoms with Crippen molar-refractivity contribution in [3.8, 4) is 5.75 Å². The zero-order chi connectivity index (χ0) is 11.0. The van der Waals surface area contributed by atoms with Gasteiger partial charge in [0.25, 0.3) is 0 Å². The van der Waals surface area contributed by atoms with E-state index in [9.17, 15) is 4.39 Å². The monoisotopic (exact) mass is 273 g/mol. The Hall–Kier alpha value is -0.610. The van der Waals surface area contributed by atoms with Gasteiger partial charge in [-0.3, -0.25) is 0 Å². The van der Waals surface area contributed by atoms with Crippen molar-refractivity contribution in [2.45, 2.75) is 12.3 Å². The van der Waals surface area contributed by atoms with Gasteiger partial charge in [0.05, 0.1) is 7.11 Å². The van der Waals surface area contributed by atoms with Gasteiger partial charge in [-0.15, -0.1) is 0 Å². The molecule has 15 heavy (non-hydrogen) atoms. The first-order valence-corrected chi connectivity index (χ1v) is 5.69. The first-order chi connectivity index (χ1) is 7.17. The summed E-state index contributed by atoms with van der Waals surface area (Å²) in [5, 5.41) is 0. The van der Waals surface area contributed by atoms with Gasteiger partial charge < -0.3 is 10.5 Å². The molecular formula is C11H13BrFNO. The van der Waals surface area contributed by atoms with Crippen molar-refractivity contribution in [1.29, 1.82) is 0 Å². The Labute approximate surface area is 96.7 Å². The summed E-state index contributed by atoms with van der Waals surface area (Å²) < 4.78 is 19.6. The van der Waals surface area contributed by atoms with Gasteiger partial charge in [-0.1, -0.05) is 15.9 Å². The lowest BCUT2D eigenvalue weighted by atomic mass is 10.1. The number of hydrogen-bond donors (Lipinski definition) is 1. The number of methoxy groups -OCH3 is 1. The van der Waals surface area contributed by atoms with Crippen molar-refractivity contribution in [1.82, 2.24) is 0 Å². The number of nitrogens with two attached hydrogens (primary N) is 1. The van der Waals surface area contributed by atoms with Crippen LogP contribution in [0.1, 0.15) is 17.9 Å². The van der Waals surface area contributed by atoms with Gasteiger partial charge in [0, 0.05) is 10.0 Å². The van der Waals surface area contributed by atoms with Crippen LogP contribution in [-0.4, -0.2) is 13.7 Å². The number of hydrogen-bond acceptors (Lipinski definition) is 2. The van der Waals surface area contributed by atoms with Crippen LogP contribution in [0.5, 0.6) is 5.75 Å². The molecule has 0 radical (unpaired) electrons. The Bertz CT molecular complexity index is 383. The molecule has 2 N–H and O–H groups in total. The molecule has 2 nitrogen and oxygen atoms in total. The fourth-order valence-corrected chi connectivity index (χ4v) is 2.36. The fourth-order valence-electron chi connectivity index (χ4n) is 1.95. The molecule has 0 aliphatic heterocycles. The molecule has 4 heteroatoms. The van der Waals surface area contributed by atoms with Gasteiger partial charge in [-0.25, -0.2) is 4.39 Å². The van der Waals surface area contributed by atoms with Crippen LogP contribution in [0.15, 0.2) is 16.6 Å². The molecule has 1 aliphatic rings. The van der Waals surface area contributed by atoms with Gasteiger partial charge in [0.1, 0.15) is 11.6 Å². The van der Waals surface area contributed by atoms with E-state index in [-0.39, 0.29) is 11.7 Å². The SMILES string of the molecule is COc1cc(Br)cc(F)c1C1CC1CN. The van der Waals surface area contributed by atoms with Crippen molar-refractivity contribution in [2.75, 3.05) is 13.7 Å². The quantitative estimate of drug-likeness (QED) is 0.919. The second-order valence-electron chi connectivity index (χ2n) is 3.84. The third kappa shape index (κ3) is 2.01. The van der Waals surface area contributed by atoms with E-state index in [2.05, 4.69) is 15.9 Å². The minimum absolute atomic E-state index is 0.206. The summed E-state index contributed by atoms with van der Waals surface area (Å²) >= 11 is 3.24. The third-order valence-electron chi connectivity index (χ3n) is 2.87. The van der Waals surface area contributed by atoms with Gasteiger partial charge in [-0.05, 0) is 36.9 Å². The van der Waals surface area contributed by atoms with Crippen LogP contribution < -0.4 is 10.5 Å². The Kier molecular flexibility index (Phi) is 2.98. The lowest BCUT2D eigenvalue weighted by Crippen LogP contribution is -2.03. The van der Waals surface area contributed by atoms with E-state index < -0.39 is 0 Å². The molecule has 0 bridgehead atoms. The molecule has 0 amide bonds. The van der Waals surface area contributed by atoms with E-state index in [1.165, 1.54) is 6.07 Å². The number of halogens is 2. The van der Waals surface area contributed by atoms with Gasteiger partial charge >= 0.3 is 0 Å². The molecule has 0 heterocycles. The molecule has 1 aliphatic carbocycles. The summed E-state index contributed by atoms with van der Waals surface area (Å²) in [5.41, 5.74) is 6.24. The maximum Gasteiger partial charge on any atom is 0.131 e. The lowest BCUT2D eigenvalue weighted by Gasteiger charge is -2.09.